The Bertz CT molecular complexity index is 650. The van der Waals surface area contributed by atoms with Gasteiger partial charge in [0, 0.05) is 10.7 Å². The number of allylic oxidation sites excluding steroid dienone is 1. The van der Waals surface area contributed by atoms with E-state index in [1.165, 1.54) is 0 Å². The molecule has 1 aromatic rings. The third kappa shape index (κ3) is 3.86. The summed E-state index contributed by atoms with van der Waals surface area (Å²) in [4.78, 5) is 12.0. The summed E-state index contributed by atoms with van der Waals surface area (Å²) in [7, 11) is 1.56. The van der Waals surface area contributed by atoms with Gasteiger partial charge in [-0.15, -0.1) is 0 Å². The van der Waals surface area contributed by atoms with Crippen molar-refractivity contribution in [3.63, 3.8) is 0 Å². The van der Waals surface area contributed by atoms with Crippen LogP contribution in [0.15, 0.2) is 40.8 Å². The molecule has 1 aromatic carbocycles. The lowest BCUT2D eigenvalue weighted by Gasteiger charge is -2.25. The van der Waals surface area contributed by atoms with Crippen LogP contribution in [0, 0.1) is 0 Å². The standard InChI is InChI=1S/C15H17ClO4S/c1-2-20-15(17)13-10-12(11-6-4-3-5-7-11)8-9-14(13)21(16,18)19/h3-7,12H,2,8-10H2,1H3. The van der Waals surface area contributed by atoms with Crippen LogP contribution in [-0.4, -0.2) is 21.0 Å². The van der Waals surface area contributed by atoms with E-state index >= 15 is 0 Å². The molecule has 0 saturated heterocycles. The van der Waals surface area contributed by atoms with Crippen LogP contribution in [-0.2, 0) is 18.6 Å². The smallest absolute Gasteiger partial charge is 0.335 e. The van der Waals surface area contributed by atoms with Gasteiger partial charge >= 0.3 is 5.97 Å². The lowest BCUT2D eigenvalue weighted by Crippen LogP contribution is -2.20. The first-order valence-electron chi connectivity index (χ1n) is 6.82. The Labute approximate surface area is 129 Å². The van der Waals surface area contributed by atoms with Gasteiger partial charge in [-0.2, -0.15) is 0 Å². The minimum absolute atomic E-state index is 0.00907. The Kier molecular flexibility index (Phi) is 5.06. The maximum Gasteiger partial charge on any atom is 0.335 e. The van der Waals surface area contributed by atoms with E-state index in [0.717, 1.165) is 5.56 Å². The fraction of sp³-hybridized carbons (Fsp3) is 0.400. The Morgan fingerprint density at radius 1 is 1.33 bits per heavy atom. The van der Waals surface area contributed by atoms with Gasteiger partial charge in [-0.3, -0.25) is 0 Å². The molecule has 1 aliphatic rings. The van der Waals surface area contributed by atoms with Crippen molar-refractivity contribution in [1.82, 2.24) is 0 Å². The number of hydrogen-bond donors (Lipinski definition) is 0. The number of carbonyl (C=O) groups is 1. The first-order valence-corrected chi connectivity index (χ1v) is 9.13. The predicted octanol–water partition coefficient (Wildman–Crippen LogP) is 3.34. The second kappa shape index (κ2) is 6.62. The van der Waals surface area contributed by atoms with Gasteiger partial charge in [0.25, 0.3) is 9.05 Å². The number of rotatable bonds is 4. The Morgan fingerprint density at radius 2 is 2.00 bits per heavy atom. The fourth-order valence-electron chi connectivity index (χ4n) is 2.61. The van der Waals surface area contributed by atoms with E-state index < -0.39 is 15.0 Å². The quantitative estimate of drug-likeness (QED) is 0.628. The molecule has 4 nitrogen and oxygen atoms in total. The van der Waals surface area contributed by atoms with E-state index in [1.807, 2.05) is 30.3 Å². The lowest BCUT2D eigenvalue weighted by molar-refractivity contribution is -0.138. The molecule has 0 bridgehead atoms. The van der Waals surface area contributed by atoms with Gasteiger partial charge in [-0.25, -0.2) is 13.2 Å². The van der Waals surface area contributed by atoms with E-state index in [4.69, 9.17) is 15.4 Å². The number of hydrogen-bond acceptors (Lipinski definition) is 4. The fourth-order valence-corrected chi connectivity index (χ4v) is 3.95. The van der Waals surface area contributed by atoms with Crippen molar-refractivity contribution in [2.24, 2.45) is 0 Å². The van der Waals surface area contributed by atoms with Crippen molar-refractivity contribution in [2.75, 3.05) is 6.61 Å². The van der Waals surface area contributed by atoms with Crippen LogP contribution in [0.25, 0.3) is 0 Å². The molecule has 0 saturated carbocycles. The maximum atomic E-state index is 12.0. The number of ether oxygens (including phenoxy) is 1. The van der Waals surface area contributed by atoms with Crippen LogP contribution in [0.1, 0.15) is 37.7 Å². The molecular formula is C15H17ClO4S. The van der Waals surface area contributed by atoms with Gasteiger partial charge < -0.3 is 4.74 Å². The molecule has 0 aliphatic heterocycles. The third-order valence-electron chi connectivity index (χ3n) is 3.59. The molecule has 1 unspecified atom stereocenters. The molecule has 1 atom stereocenters. The molecule has 0 N–H and O–H groups in total. The van der Waals surface area contributed by atoms with Gasteiger partial charge in [-0.05, 0) is 37.7 Å². The molecule has 0 heterocycles. The van der Waals surface area contributed by atoms with Crippen molar-refractivity contribution in [1.29, 1.82) is 0 Å². The number of carbonyl (C=O) groups excluding carboxylic acids is 1. The molecule has 21 heavy (non-hydrogen) atoms. The van der Waals surface area contributed by atoms with Crippen LogP contribution >= 0.6 is 10.7 Å². The van der Waals surface area contributed by atoms with Gasteiger partial charge in [0.05, 0.1) is 17.1 Å². The van der Waals surface area contributed by atoms with Gasteiger partial charge in [0.15, 0.2) is 0 Å². The highest BCUT2D eigenvalue weighted by Gasteiger charge is 2.32. The topological polar surface area (TPSA) is 60.4 Å². The molecule has 1 aliphatic carbocycles. The summed E-state index contributed by atoms with van der Waals surface area (Å²) in [6.45, 7) is 1.89. The van der Waals surface area contributed by atoms with Crippen molar-refractivity contribution in [3.05, 3.63) is 46.4 Å². The zero-order valence-electron chi connectivity index (χ0n) is 11.7. The predicted molar refractivity (Wildman–Crippen MR) is 81.5 cm³/mol. The van der Waals surface area contributed by atoms with Gasteiger partial charge in [0.1, 0.15) is 0 Å². The number of esters is 1. The van der Waals surface area contributed by atoms with Crippen molar-refractivity contribution < 1.29 is 17.9 Å². The van der Waals surface area contributed by atoms with Crippen LogP contribution in [0.2, 0.25) is 0 Å². The molecule has 0 spiro atoms. The molecular weight excluding hydrogens is 312 g/mol. The minimum atomic E-state index is -3.89. The third-order valence-corrected chi connectivity index (χ3v) is 5.19. The molecule has 0 amide bonds. The molecule has 6 heteroatoms. The van der Waals surface area contributed by atoms with Crippen molar-refractivity contribution in [2.45, 2.75) is 32.1 Å². The summed E-state index contributed by atoms with van der Waals surface area (Å²) < 4.78 is 28.3. The van der Waals surface area contributed by atoms with Crippen LogP contribution in [0.4, 0.5) is 0 Å². The molecule has 2 rings (SSSR count). The summed E-state index contributed by atoms with van der Waals surface area (Å²) in [5, 5.41) is 0. The lowest BCUT2D eigenvalue weighted by atomic mass is 9.83. The van der Waals surface area contributed by atoms with E-state index in [9.17, 15) is 13.2 Å². The van der Waals surface area contributed by atoms with E-state index in [0.29, 0.717) is 12.8 Å². The molecule has 0 aromatic heterocycles. The van der Waals surface area contributed by atoms with E-state index in [-0.39, 0.29) is 29.4 Å². The minimum Gasteiger partial charge on any atom is -0.463 e. The summed E-state index contributed by atoms with van der Waals surface area (Å²) >= 11 is 0. The average Bonchev–Trinajstić information content (AvgIpc) is 2.47. The molecule has 114 valence electrons. The van der Waals surface area contributed by atoms with Crippen molar-refractivity contribution in [3.8, 4) is 0 Å². The number of halogens is 1. The highest BCUT2D eigenvalue weighted by molar-refractivity contribution is 8.16. The molecule has 0 radical (unpaired) electrons. The zero-order valence-corrected chi connectivity index (χ0v) is 13.3. The summed E-state index contributed by atoms with van der Waals surface area (Å²) in [6, 6.07) is 9.73. The normalized spacial score (nSPS) is 19.4. The SMILES string of the molecule is CCOC(=O)C1=C(S(=O)(=O)Cl)CCC(c2ccccc2)C1. The zero-order chi connectivity index (χ0) is 15.5. The Hall–Kier alpha value is -1.33. The second-order valence-corrected chi connectivity index (χ2v) is 7.50. The number of benzene rings is 1. The summed E-state index contributed by atoms with van der Waals surface area (Å²) in [5.41, 5.74) is 1.28. The summed E-state index contributed by atoms with van der Waals surface area (Å²) in [6.07, 6.45) is 1.25. The van der Waals surface area contributed by atoms with E-state index in [1.54, 1.807) is 6.92 Å². The Morgan fingerprint density at radius 3 is 2.57 bits per heavy atom. The first kappa shape index (κ1) is 16.0. The maximum absolute atomic E-state index is 12.0. The molecule has 0 fully saturated rings. The second-order valence-electron chi connectivity index (χ2n) is 4.91. The first-order chi connectivity index (χ1) is 9.93. The van der Waals surface area contributed by atoms with Crippen LogP contribution in [0.3, 0.4) is 0 Å². The van der Waals surface area contributed by atoms with Crippen LogP contribution in [0.5, 0.6) is 0 Å². The summed E-state index contributed by atoms with van der Waals surface area (Å²) in [5.74, 6) is -0.481. The largest absolute Gasteiger partial charge is 0.463 e. The van der Waals surface area contributed by atoms with Gasteiger partial charge in [0.2, 0.25) is 0 Å². The van der Waals surface area contributed by atoms with E-state index in [2.05, 4.69) is 0 Å². The highest BCUT2D eigenvalue weighted by atomic mass is 35.7. The van der Waals surface area contributed by atoms with Crippen LogP contribution < -0.4 is 0 Å². The average molecular weight is 329 g/mol. The highest BCUT2D eigenvalue weighted by Crippen LogP contribution is 2.39. The van der Waals surface area contributed by atoms with Gasteiger partial charge in [-0.1, -0.05) is 30.3 Å². The monoisotopic (exact) mass is 328 g/mol. The Balaban J connectivity index is 2.36. The van der Waals surface area contributed by atoms with Crippen molar-refractivity contribution >= 4 is 25.7 Å².